The molecule has 0 saturated heterocycles. The van der Waals surface area contributed by atoms with Crippen molar-refractivity contribution in [3.63, 3.8) is 0 Å². The summed E-state index contributed by atoms with van der Waals surface area (Å²) in [6, 6.07) is 2.97. The molecule has 0 amide bonds. The zero-order chi connectivity index (χ0) is 14.3. The van der Waals surface area contributed by atoms with Gasteiger partial charge in [-0.05, 0) is 12.8 Å². The molecule has 0 aliphatic carbocycles. The Morgan fingerprint density at radius 1 is 1.58 bits per heavy atom. The number of anilines is 1. The maximum atomic E-state index is 10.5. The van der Waals surface area contributed by atoms with Crippen LogP contribution in [0.4, 0.5) is 11.5 Å². The predicted molar refractivity (Wildman–Crippen MR) is 65.6 cm³/mol. The Morgan fingerprint density at radius 2 is 2.32 bits per heavy atom. The number of nitro groups is 1. The van der Waals surface area contributed by atoms with E-state index in [0.29, 0.717) is 19.4 Å². The van der Waals surface area contributed by atoms with Gasteiger partial charge in [-0.3, -0.25) is 14.9 Å². The molecule has 0 saturated carbocycles. The molecule has 0 unspecified atom stereocenters. The average molecular weight is 264 g/mol. The molecule has 0 bridgehead atoms. The highest BCUT2D eigenvalue weighted by Gasteiger charge is 2.11. The van der Waals surface area contributed by atoms with Crippen LogP contribution in [0.3, 0.4) is 0 Å². The topological polar surface area (TPSA) is 129 Å². The molecule has 0 fully saturated rings. The van der Waals surface area contributed by atoms with Crippen molar-refractivity contribution in [2.75, 3.05) is 11.9 Å². The lowest BCUT2D eigenvalue weighted by Gasteiger charge is -2.06. The van der Waals surface area contributed by atoms with Crippen molar-refractivity contribution in [2.24, 2.45) is 0 Å². The Labute approximate surface area is 108 Å². The number of carboxylic acids is 1. The zero-order valence-corrected chi connectivity index (χ0v) is 10.00. The van der Waals surface area contributed by atoms with Crippen LogP contribution in [-0.4, -0.2) is 27.5 Å². The van der Waals surface area contributed by atoms with Gasteiger partial charge in [0.05, 0.1) is 4.92 Å². The van der Waals surface area contributed by atoms with Gasteiger partial charge in [0, 0.05) is 19.0 Å². The van der Waals surface area contributed by atoms with Gasteiger partial charge in [-0.25, -0.2) is 4.98 Å². The van der Waals surface area contributed by atoms with Crippen LogP contribution in [0.15, 0.2) is 12.3 Å². The molecular weight excluding hydrogens is 252 g/mol. The second-order valence-electron chi connectivity index (χ2n) is 3.74. The number of nitriles is 1. The number of unbranched alkanes of at least 4 members (excludes halogenated alkanes) is 1. The van der Waals surface area contributed by atoms with E-state index < -0.39 is 10.9 Å². The molecule has 8 nitrogen and oxygen atoms in total. The molecule has 0 aromatic carbocycles. The minimum Gasteiger partial charge on any atom is -0.481 e. The molecule has 1 rings (SSSR count). The second-order valence-corrected chi connectivity index (χ2v) is 3.74. The molecule has 1 aromatic heterocycles. The summed E-state index contributed by atoms with van der Waals surface area (Å²) < 4.78 is 0. The summed E-state index contributed by atoms with van der Waals surface area (Å²) in [5.74, 6) is -0.588. The maximum absolute atomic E-state index is 10.5. The largest absolute Gasteiger partial charge is 0.481 e. The highest BCUT2D eigenvalue weighted by atomic mass is 16.6. The van der Waals surface area contributed by atoms with Crippen molar-refractivity contribution in [1.29, 1.82) is 5.26 Å². The molecule has 100 valence electrons. The fraction of sp³-hybridized carbons (Fsp3) is 0.364. The zero-order valence-electron chi connectivity index (χ0n) is 10.00. The van der Waals surface area contributed by atoms with Crippen molar-refractivity contribution >= 4 is 17.5 Å². The fourth-order valence-corrected chi connectivity index (χ4v) is 1.39. The summed E-state index contributed by atoms with van der Waals surface area (Å²) in [4.78, 5) is 24.0. The van der Waals surface area contributed by atoms with E-state index in [4.69, 9.17) is 10.4 Å². The smallest absolute Gasteiger partial charge is 0.303 e. The monoisotopic (exact) mass is 264 g/mol. The number of nitrogens with one attached hydrogen (secondary N) is 1. The first-order chi connectivity index (χ1) is 9.04. The first-order valence-corrected chi connectivity index (χ1v) is 5.55. The number of rotatable bonds is 7. The predicted octanol–water partition coefficient (Wildman–Crippen LogP) is 1.53. The van der Waals surface area contributed by atoms with Crippen LogP contribution in [0.5, 0.6) is 0 Å². The van der Waals surface area contributed by atoms with Gasteiger partial charge in [0.1, 0.15) is 23.6 Å². The molecule has 1 aromatic rings. The highest BCUT2D eigenvalue weighted by molar-refractivity contribution is 5.66. The SMILES string of the molecule is N#Cc1cc([N+](=O)[O-])cnc1NCCCCC(=O)O. The maximum Gasteiger partial charge on any atom is 0.303 e. The van der Waals surface area contributed by atoms with Crippen LogP contribution in [0.25, 0.3) is 0 Å². The van der Waals surface area contributed by atoms with Crippen molar-refractivity contribution in [3.05, 3.63) is 27.9 Å². The van der Waals surface area contributed by atoms with Gasteiger partial charge < -0.3 is 10.4 Å². The molecule has 0 radical (unpaired) electrons. The molecule has 19 heavy (non-hydrogen) atoms. The summed E-state index contributed by atoms with van der Waals surface area (Å²) in [7, 11) is 0. The van der Waals surface area contributed by atoms with Crippen LogP contribution in [0, 0.1) is 21.4 Å². The van der Waals surface area contributed by atoms with Crippen molar-refractivity contribution < 1.29 is 14.8 Å². The van der Waals surface area contributed by atoms with E-state index in [2.05, 4.69) is 10.3 Å². The van der Waals surface area contributed by atoms with Gasteiger partial charge in [0.2, 0.25) is 0 Å². The number of pyridine rings is 1. The van der Waals surface area contributed by atoms with E-state index in [-0.39, 0.29) is 23.5 Å². The number of aromatic nitrogens is 1. The summed E-state index contributed by atoms with van der Waals surface area (Å²) >= 11 is 0. The third-order valence-corrected chi connectivity index (χ3v) is 2.31. The number of hydrogen-bond donors (Lipinski definition) is 2. The lowest BCUT2D eigenvalue weighted by atomic mass is 10.2. The van der Waals surface area contributed by atoms with Crippen molar-refractivity contribution in [1.82, 2.24) is 4.98 Å². The van der Waals surface area contributed by atoms with Gasteiger partial charge in [-0.1, -0.05) is 0 Å². The summed E-state index contributed by atoms with van der Waals surface area (Å²) in [6.07, 6.45) is 2.27. The molecule has 8 heteroatoms. The van der Waals surface area contributed by atoms with Crippen molar-refractivity contribution in [2.45, 2.75) is 19.3 Å². The molecule has 0 spiro atoms. The Kier molecular flexibility index (Phi) is 5.22. The number of carboxylic acid groups (broad SMARTS) is 1. The Hall–Kier alpha value is -2.69. The highest BCUT2D eigenvalue weighted by Crippen LogP contribution is 2.18. The van der Waals surface area contributed by atoms with Gasteiger partial charge in [-0.15, -0.1) is 0 Å². The van der Waals surface area contributed by atoms with Crippen LogP contribution < -0.4 is 5.32 Å². The lowest BCUT2D eigenvalue weighted by molar-refractivity contribution is -0.385. The van der Waals surface area contributed by atoms with Crippen LogP contribution in [0.1, 0.15) is 24.8 Å². The van der Waals surface area contributed by atoms with E-state index in [9.17, 15) is 14.9 Å². The third-order valence-electron chi connectivity index (χ3n) is 2.31. The number of aliphatic carboxylic acids is 1. The first-order valence-electron chi connectivity index (χ1n) is 5.55. The van der Waals surface area contributed by atoms with Crippen LogP contribution >= 0.6 is 0 Å². The molecule has 0 aliphatic rings. The number of nitrogens with zero attached hydrogens (tertiary/aromatic N) is 3. The quantitative estimate of drug-likeness (QED) is 0.434. The summed E-state index contributed by atoms with van der Waals surface area (Å²) in [5, 5.41) is 30.7. The standard InChI is InChI=1S/C11H12N4O4/c12-6-8-5-9(15(18)19)7-14-11(8)13-4-2-1-3-10(16)17/h5,7H,1-4H2,(H,13,14)(H,16,17). The minimum absolute atomic E-state index is 0.0838. The number of carbonyl (C=O) groups is 1. The van der Waals surface area contributed by atoms with E-state index in [1.807, 2.05) is 6.07 Å². The molecular formula is C11H12N4O4. The minimum atomic E-state index is -0.855. The summed E-state index contributed by atoms with van der Waals surface area (Å²) in [5.41, 5.74) is -0.152. The Morgan fingerprint density at radius 3 is 2.89 bits per heavy atom. The molecule has 1 heterocycles. The van der Waals surface area contributed by atoms with Crippen molar-refractivity contribution in [3.8, 4) is 6.07 Å². The normalized spacial score (nSPS) is 9.63. The fourth-order valence-electron chi connectivity index (χ4n) is 1.39. The van der Waals surface area contributed by atoms with Gasteiger partial charge in [0.15, 0.2) is 0 Å². The van der Waals surface area contributed by atoms with Gasteiger partial charge in [-0.2, -0.15) is 5.26 Å². The average Bonchev–Trinajstić information content (AvgIpc) is 2.37. The Balaban J connectivity index is 2.57. The molecule has 0 atom stereocenters. The summed E-state index contributed by atoms with van der Waals surface area (Å²) in [6.45, 7) is 0.451. The van der Waals surface area contributed by atoms with Gasteiger partial charge >= 0.3 is 5.97 Å². The van der Waals surface area contributed by atoms with E-state index in [1.165, 1.54) is 0 Å². The van der Waals surface area contributed by atoms with Crippen LogP contribution in [0.2, 0.25) is 0 Å². The second kappa shape index (κ2) is 6.90. The molecule has 2 N–H and O–H groups in total. The van der Waals surface area contributed by atoms with Gasteiger partial charge in [0.25, 0.3) is 5.69 Å². The van der Waals surface area contributed by atoms with E-state index in [1.54, 1.807) is 0 Å². The first kappa shape index (κ1) is 14.4. The number of hydrogen-bond acceptors (Lipinski definition) is 6. The van der Waals surface area contributed by atoms with Crippen LogP contribution in [-0.2, 0) is 4.79 Å². The van der Waals surface area contributed by atoms with E-state index in [0.717, 1.165) is 12.3 Å². The van der Waals surface area contributed by atoms with E-state index >= 15 is 0 Å². The lowest BCUT2D eigenvalue weighted by Crippen LogP contribution is -2.06. The third kappa shape index (κ3) is 4.59. The Bertz CT molecular complexity index is 524. The molecule has 0 aliphatic heterocycles.